The van der Waals surface area contributed by atoms with Crippen molar-refractivity contribution in [1.29, 1.82) is 0 Å². The number of hydrogen-bond donors (Lipinski definition) is 2. The monoisotopic (exact) mass is 313 g/mol. The number of benzene rings is 2. The predicted molar refractivity (Wildman–Crippen MR) is 90.0 cm³/mol. The van der Waals surface area contributed by atoms with Crippen LogP contribution in [0.4, 0.5) is 21.0 Å². The fraction of sp³-hybridized carbons (Fsp3) is 0.176. The molecule has 2 aromatic carbocycles. The lowest BCUT2D eigenvalue weighted by atomic mass is 10.2. The lowest BCUT2D eigenvalue weighted by molar-refractivity contribution is 0.215. The molecule has 0 fully saturated rings. The SMILES string of the molecule is Cc1ccc(NC(=O)Oc2cccc(NC(=O)N(C)C)c2)cc1. The van der Waals surface area contributed by atoms with Crippen LogP contribution in [-0.4, -0.2) is 31.1 Å². The van der Waals surface area contributed by atoms with Crippen LogP contribution in [0, 0.1) is 6.92 Å². The molecule has 6 heteroatoms. The summed E-state index contributed by atoms with van der Waals surface area (Å²) in [6, 6.07) is 13.8. The zero-order valence-electron chi connectivity index (χ0n) is 13.3. The second-order valence-electron chi connectivity index (χ2n) is 5.23. The molecule has 23 heavy (non-hydrogen) atoms. The molecule has 0 radical (unpaired) electrons. The van der Waals surface area contributed by atoms with E-state index in [-0.39, 0.29) is 6.03 Å². The van der Waals surface area contributed by atoms with E-state index in [4.69, 9.17) is 4.74 Å². The van der Waals surface area contributed by atoms with Crippen LogP contribution in [-0.2, 0) is 0 Å². The molecule has 0 saturated carbocycles. The Bertz CT molecular complexity index is 696. The number of urea groups is 1. The van der Waals surface area contributed by atoms with Crippen molar-refractivity contribution in [2.24, 2.45) is 0 Å². The number of aryl methyl sites for hydroxylation is 1. The van der Waals surface area contributed by atoms with Crippen molar-refractivity contribution in [2.45, 2.75) is 6.92 Å². The molecule has 0 unspecified atom stereocenters. The number of nitrogens with zero attached hydrogens (tertiary/aromatic N) is 1. The van der Waals surface area contributed by atoms with Gasteiger partial charge in [0.25, 0.3) is 0 Å². The normalized spacial score (nSPS) is 9.87. The van der Waals surface area contributed by atoms with E-state index in [9.17, 15) is 9.59 Å². The number of carbonyl (C=O) groups is 2. The Labute approximate surface area is 135 Å². The van der Waals surface area contributed by atoms with Crippen molar-refractivity contribution in [3.8, 4) is 5.75 Å². The van der Waals surface area contributed by atoms with Crippen molar-refractivity contribution in [1.82, 2.24) is 4.90 Å². The van der Waals surface area contributed by atoms with Gasteiger partial charge in [-0.05, 0) is 31.2 Å². The second-order valence-corrected chi connectivity index (χ2v) is 5.23. The van der Waals surface area contributed by atoms with Crippen molar-refractivity contribution in [3.05, 3.63) is 54.1 Å². The van der Waals surface area contributed by atoms with Crippen molar-refractivity contribution in [3.63, 3.8) is 0 Å². The van der Waals surface area contributed by atoms with Crippen LogP contribution in [0.1, 0.15) is 5.56 Å². The Morgan fingerprint density at radius 3 is 2.30 bits per heavy atom. The highest BCUT2D eigenvalue weighted by Crippen LogP contribution is 2.18. The van der Waals surface area contributed by atoms with Gasteiger partial charge in [-0.1, -0.05) is 23.8 Å². The molecule has 0 spiro atoms. The molecule has 0 heterocycles. The Hall–Kier alpha value is -3.02. The van der Waals surface area contributed by atoms with E-state index in [1.807, 2.05) is 19.1 Å². The Morgan fingerprint density at radius 2 is 1.65 bits per heavy atom. The number of amides is 3. The lowest BCUT2D eigenvalue weighted by Gasteiger charge is -2.13. The summed E-state index contributed by atoms with van der Waals surface area (Å²) in [5.41, 5.74) is 2.30. The summed E-state index contributed by atoms with van der Waals surface area (Å²) in [6.45, 7) is 1.97. The number of hydrogen-bond acceptors (Lipinski definition) is 3. The van der Waals surface area contributed by atoms with Gasteiger partial charge in [-0.15, -0.1) is 0 Å². The van der Waals surface area contributed by atoms with Crippen LogP contribution in [0.2, 0.25) is 0 Å². The molecule has 3 amide bonds. The lowest BCUT2D eigenvalue weighted by Crippen LogP contribution is -2.27. The zero-order valence-corrected chi connectivity index (χ0v) is 13.3. The van der Waals surface area contributed by atoms with Crippen molar-refractivity contribution >= 4 is 23.5 Å². The van der Waals surface area contributed by atoms with Crippen LogP contribution >= 0.6 is 0 Å². The first-order chi connectivity index (χ1) is 10.9. The minimum atomic E-state index is -0.593. The van der Waals surface area contributed by atoms with Gasteiger partial charge >= 0.3 is 12.1 Å². The van der Waals surface area contributed by atoms with Gasteiger partial charge in [-0.2, -0.15) is 0 Å². The number of nitrogens with one attached hydrogen (secondary N) is 2. The highest BCUT2D eigenvalue weighted by atomic mass is 16.6. The van der Waals surface area contributed by atoms with Gasteiger partial charge in [-0.25, -0.2) is 9.59 Å². The number of rotatable bonds is 3. The summed E-state index contributed by atoms with van der Waals surface area (Å²) in [5, 5.41) is 5.33. The molecule has 0 aromatic heterocycles. The maximum atomic E-state index is 11.9. The number of carbonyl (C=O) groups excluding carboxylic acids is 2. The van der Waals surface area contributed by atoms with Gasteiger partial charge in [0, 0.05) is 31.5 Å². The highest BCUT2D eigenvalue weighted by molar-refractivity contribution is 5.90. The summed E-state index contributed by atoms with van der Waals surface area (Å²) in [7, 11) is 3.29. The van der Waals surface area contributed by atoms with Gasteiger partial charge in [0.2, 0.25) is 0 Å². The average Bonchev–Trinajstić information content (AvgIpc) is 2.49. The largest absolute Gasteiger partial charge is 0.417 e. The summed E-state index contributed by atoms with van der Waals surface area (Å²) in [4.78, 5) is 24.9. The summed E-state index contributed by atoms with van der Waals surface area (Å²) >= 11 is 0. The number of ether oxygens (including phenoxy) is 1. The van der Waals surface area contributed by atoms with Gasteiger partial charge in [0.1, 0.15) is 5.75 Å². The maximum Gasteiger partial charge on any atom is 0.417 e. The molecule has 120 valence electrons. The van der Waals surface area contributed by atoms with Gasteiger partial charge in [0.15, 0.2) is 0 Å². The highest BCUT2D eigenvalue weighted by Gasteiger charge is 2.08. The molecule has 0 saturated heterocycles. The minimum absolute atomic E-state index is 0.258. The second kappa shape index (κ2) is 7.31. The molecule has 2 aromatic rings. The molecule has 0 bridgehead atoms. The molecule has 0 aliphatic carbocycles. The van der Waals surface area contributed by atoms with E-state index in [1.54, 1.807) is 50.5 Å². The van der Waals surface area contributed by atoms with Crippen LogP contribution in [0.5, 0.6) is 5.75 Å². The number of anilines is 2. The third-order valence-electron chi connectivity index (χ3n) is 3.00. The van der Waals surface area contributed by atoms with Crippen LogP contribution < -0.4 is 15.4 Å². The third kappa shape index (κ3) is 5.03. The molecule has 2 rings (SSSR count). The third-order valence-corrected chi connectivity index (χ3v) is 3.00. The van der Waals surface area contributed by atoms with E-state index in [1.165, 1.54) is 4.90 Å². The van der Waals surface area contributed by atoms with E-state index >= 15 is 0 Å². The van der Waals surface area contributed by atoms with Crippen molar-refractivity contribution < 1.29 is 14.3 Å². The molecule has 0 aliphatic heterocycles. The minimum Gasteiger partial charge on any atom is -0.410 e. The molecular formula is C17H19N3O3. The Kier molecular flexibility index (Phi) is 5.19. The predicted octanol–water partition coefficient (Wildman–Crippen LogP) is 3.70. The summed E-state index contributed by atoms with van der Waals surface area (Å²) in [5.74, 6) is 0.339. The Morgan fingerprint density at radius 1 is 0.957 bits per heavy atom. The van der Waals surface area contributed by atoms with E-state index in [0.29, 0.717) is 17.1 Å². The first-order valence-corrected chi connectivity index (χ1v) is 7.08. The van der Waals surface area contributed by atoms with E-state index < -0.39 is 6.09 Å². The summed E-state index contributed by atoms with van der Waals surface area (Å²) < 4.78 is 5.22. The maximum absolute atomic E-state index is 11.9. The first kappa shape index (κ1) is 16.4. The van der Waals surface area contributed by atoms with Crippen LogP contribution in [0.3, 0.4) is 0 Å². The molecule has 2 N–H and O–H groups in total. The van der Waals surface area contributed by atoms with Crippen LogP contribution in [0.15, 0.2) is 48.5 Å². The smallest absolute Gasteiger partial charge is 0.410 e. The van der Waals surface area contributed by atoms with Crippen LogP contribution in [0.25, 0.3) is 0 Å². The van der Waals surface area contributed by atoms with Gasteiger partial charge in [-0.3, -0.25) is 5.32 Å². The van der Waals surface area contributed by atoms with Gasteiger partial charge < -0.3 is 15.0 Å². The fourth-order valence-electron chi connectivity index (χ4n) is 1.76. The zero-order chi connectivity index (χ0) is 16.8. The summed E-state index contributed by atoms with van der Waals surface area (Å²) in [6.07, 6.45) is -0.593. The van der Waals surface area contributed by atoms with E-state index in [2.05, 4.69) is 10.6 Å². The van der Waals surface area contributed by atoms with Crippen molar-refractivity contribution in [2.75, 3.05) is 24.7 Å². The molecular weight excluding hydrogens is 294 g/mol. The Balaban J connectivity index is 1.98. The van der Waals surface area contributed by atoms with E-state index in [0.717, 1.165) is 5.56 Å². The molecule has 6 nitrogen and oxygen atoms in total. The quantitative estimate of drug-likeness (QED) is 0.907. The molecule has 0 atom stereocenters. The average molecular weight is 313 g/mol. The topological polar surface area (TPSA) is 70.7 Å². The molecule has 0 aliphatic rings. The fourth-order valence-corrected chi connectivity index (χ4v) is 1.76. The standard InChI is InChI=1S/C17H19N3O3/c1-12-7-9-13(10-8-12)19-17(22)23-15-6-4-5-14(11-15)18-16(21)20(2)3/h4-11H,1-3H3,(H,18,21)(H,19,22). The first-order valence-electron chi connectivity index (χ1n) is 7.08. The van der Waals surface area contributed by atoms with Gasteiger partial charge in [0.05, 0.1) is 0 Å².